The molecule has 0 radical (unpaired) electrons. The normalized spacial score (nSPS) is 13.5. The van der Waals surface area contributed by atoms with Gasteiger partial charge in [0.1, 0.15) is 17.9 Å². The second kappa shape index (κ2) is 5.88. The van der Waals surface area contributed by atoms with Crippen molar-refractivity contribution >= 4 is 5.82 Å². The topological polar surface area (TPSA) is 85.5 Å². The maximum Gasteiger partial charge on any atom is 0.406 e. The van der Waals surface area contributed by atoms with Crippen LogP contribution in [0.4, 0.5) is 5.82 Å². The third-order valence-corrected chi connectivity index (χ3v) is 3.06. The number of aryl methyl sites for hydroxylation is 1. The largest absolute Gasteiger partial charge is 0.482 e. The molecule has 0 fully saturated rings. The molecular formula is C15H16N2O4. The molecule has 0 spiro atoms. The minimum atomic E-state index is -1.25. The molecule has 1 atom stereocenters. The number of rotatable bonds is 5. The lowest BCUT2D eigenvalue weighted by molar-refractivity contribution is -0.390. The number of benzene rings is 1. The Hall–Kier alpha value is -2.47. The average molecular weight is 288 g/mol. The predicted octanol–water partition coefficient (Wildman–Crippen LogP) is 2.58. The SMILES string of the molecule is Cc1ccc(OCC(C)(O)c2ccccc2)c([N+](=O)[O-])n1. The van der Waals surface area contributed by atoms with Gasteiger partial charge in [0.05, 0.1) is 0 Å². The Morgan fingerprint density at radius 1 is 1.29 bits per heavy atom. The summed E-state index contributed by atoms with van der Waals surface area (Å²) in [6.45, 7) is 3.15. The van der Waals surface area contributed by atoms with Crippen molar-refractivity contribution in [3.8, 4) is 5.75 Å². The van der Waals surface area contributed by atoms with Crippen molar-refractivity contribution in [2.24, 2.45) is 0 Å². The van der Waals surface area contributed by atoms with Crippen molar-refractivity contribution < 1.29 is 14.8 Å². The molecule has 0 bridgehead atoms. The van der Waals surface area contributed by atoms with E-state index in [1.165, 1.54) is 6.07 Å². The summed E-state index contributed by atoms with van der Waals surface area (Å²) in [6, 6.07) is 12.1. The first-order chi connectivity index (χ1) is 9.90. The lowest BCUT2D eigenvalue weighted by Crippen LogP contribution is -2.29. The van der Waals surface area contributed by atoms with Gasteiger partial charge in [-0.25, -0.2) is 0 Å². The van der Waals surface area contributed by atoms with Gasteiger partial charge in [-0.1, -0.05) is 30.3 Å². The Bertz CT molecular complexity index is 641. The predicted molar refractivity (Wildman–Crippen MR) is 77.1 cm³/mol. The van der Waals surface area contributed by atoms with Crippen molar-refractivity contribution in [3.05, 3.63) is 63.8 Å². The molecular weight excluding hydrogens is 272 g/mol. The number of nitro groups is 1. The van der Waals surface area contributed by atoms with Gasteiger partial charge < -0.3 is 20.0 Å². The molecule has 1 aromatic heterocycles. The van der Waals surface area contributed by atoms with Gasteiger partial charge in [0, 0.05) is 6.92 Å². The fourth-order valence-corrected chi connectivity index (χ4v) is 1.87. The number of hydrogen-bond donors (Lipinski definition) is 1. The molecule has 2 rings (SSSR count). The maximum absolute atomic E-state index is 11.0. The number of pyridine rings is 1. The summed E-state index contributed by atoms with van der Waals surface area (Å²) < 4.78 is 5.42. The zero-order valence-electron chi connectivity index (χ0n) is 11.8. The third-order valence-electron chi connectivity index (χ3n) is 3.06. The van der Waals surface area contributed by atoms with Crippen LogP contribution in [-0.2, 0) is 5.60 Å². The Morgan fingerprint density at radius 3 is 2.57 bits per heavy atom. The number of ether oxygens (including phenoxy) is 1. The van der Waals surface area contributed by atoms with Gasteiger partial charge in [-0.3, -0.25) is 0 Å². The fourth-order valence-electron chi connectivity index (χ4n) is 1.87. The van der Waals surface area contributed by atoms with Crippen molar-refractivity contribution in [1.82, 2.24) is 4.98 Å². The van der Waals surface area contributed by atoms with Crippen LogP contribution < -0.4 is 4.74 Å². The summed E-state index contributed by atoms with van der Waals surface area (Å²) in [5.74, 6) is -0.305. The van der Waals surface area contributed by atoms with Crippen LogP contribution in [0.2, 0.25) is 0 Å². The first-order valence-electron chi connectivity index (χ1n) is 6.43. The standard InChI is InChI=1S/C15H16N2O4/c1-11-8-9-13(14(16-11)17(19)20)21-10-15(2,18)12-6-4-3-5-7-12/h3-9,18H,10H2,1-2H3. The van der Waals surface area contributed by atoms with E-state index < -0.39 is 10.5 Å². The van der Waals surface area contributed by atoms with E-state index in [4.69, 9.17) is 4.74 Å². The van der Waals surface area contributed by atoms with E-state index in [1.807, 2.05) is 6.07 Å². The number of hydrogen-bond acceptors (Lipinski definition) is 5. The summed E-state index contributed by atoms with van der Waals surface area (Å²) in [5.41, 5.74) is -0.0448. The third kappa shape index (κ3) is 3.55. The summed E-state index contributed by atoms with van der Waals surface area (Å²) >= 11 is 0. The molecule has 0 saturated carbocycles. The van der Waals surface area contributed by atoms with E-state index in [0.29, 0.717) is 11.3 Å². The first kappa shape index (κ1) is 14.9. The Kier molecular flexibility index (Phi) is 4.18. The minimum absolute atomic E-state index is 0.0433. The lowest BCUT2D eigenvalue weighted by Gasteiger charge is -2.23. The van der Waals surface area contributed by atoms with Crippen LogP contribution >= 0.6 is 0 Å². The van der Waals surface area contributed by atoms with E-state index in [1.54, 1.807) is 44.2 Å². The monoisotopic (exact) mass is 288 g/mol. The van der Waals surface area contributed by atoms with Crippen molar-refractivity contribution in [3.63, 3.8) is 0 Å². The van der Waals surface area contributed by atoms with Crippen molar-refractivity contribution in [2.75, 3.05) is 6.61 Å². The zero-order chi connectivity index (χ0) is 15.5. The Balaban J connectivity index is 2.18. The molecule has 1 unspecified atom stereocenters. The van der Waals surface area contributed by atoms with E-state index in [-0.39, 0.29) is 18.2 Å². The average Bonchev–Trinajstić information content (AvgIpc) is 2.47. The van der Waals surface area contributed by atoms with Gasteiger partial charge >= 0.3 is 5.82 Å². The Labute approximate surface area is 122 Å². The van der Waals surface area contributed by atoms with Crippen molar-refractivity contribution in [2.45, 2.75) is 19.4 Å². The highest BCUT2D eigenvalue weighted by atomic mass is 16.6. The van der Waals surface area contributed by atoms with E-state index in [2.05, 4.69) is 4.98 Å². The minimum Gasteiger partial charge on any atom is -0.482 e. The number of aliphatic hydroxyl groups is 1. The van der Waals surface area contributed by atoms with Gasteiger partial charge in [-0.05, 0) is 34.5 Å². The van der Waals surface area contributed by atoms with Crippen molar-refractivity contribution in [1.29, 1.82) is 0 Å². The van der Waals surface area contributed by atoms with E-state index in [0.717, 1.165) is 0 Å². The molecule has 6 nitrogen and oxygen atoms in total. The van der Waals surface area contributed by atoms with Crippen LogP contribution in [0, 0.1) is 17.0 Å². The van der Waals surface area contributed by atoms with Crippen LogP contribution in [0.1, 0.15) is 18.2 Å². The second-order valence-electron chi connectivity index (χ2n) is 4.96. The quantitative estimate of drug-likeness (QED) is 0.675. The molecule has 0 aliphatic carbocycles. The molecule has 0 aliphatic rings. The molecule has 1 heterocycles. The van der Waals surface area contributed by atoms with Gasteiger partial charge in [0.15, 0.2) is 0 Å². The van der Waals surface area contributed by atoms with Crippen LogP contribution in [0.3, 0.4) is 0 Å². The maximum atomic E-state index is 11.0. The molecule has 6 heteroatoms. The summed E-state index contributed by atoms with van der Waals surface area (Å²) in [7, 11) is 0. The molecule has 21 heavy (non-hydrogen) atoms. The van der Waals surface area contributed by atoms with E-state index >= 15 is 0 Å². The van der Waals surface area contributed by atoms with Crippen LogP contribution in [0.15, 0.2) is 42.5 Å². The van der Waals surface area contributed by atoms with Gasteiger partial charge in [-0.2, -0.15) is 0 Å². The van der Waals surface area contributed by atoms with Crippen LogP contribution in [-0.4, -0.2) is 21.6 Å². The molecule has 1 N–H and O–H groups in total. The summed E-state index contributed by atoms with van der Waals surface area (Å²) in [5, 5.41) is 21.4. The molecule has 0 saturated heterocycles. The molecule has 0 aliphatic heterocycles. The first-order valence-corrected chi connectivity index (χ1v) is 6.43. The van der Waals surface area contributed by atoms with Gasteiger partial charge in [0.25, 0.3) is 0 Å². The zero-order valence-corrected chi connectivity index (χ0v) is 11.8. The Morgan fingerprint density at radius 2 is 1.95 bits per heavy atom. The highest BCUT2D eigenvalue weighted by molar-refractivity contribution is 5.40. The summed E-state index contributed by atoms with van der Waals surface area (Å²) in [4.78, 5) is 14.2. The molecule has 1 aromatic carbocycles. The molecule has 0 amide bonds. The van der Waals surface area contributed by atoms with E-state index in [9.17, 15) is 15.2 Å². The fraction of sp³-hybridized carbons (Fsp3) is 0.267. The van der Waals surface area contributed by atoms with Crippen LogP contribution in [0.5, 0.6) is 5.75 Å². The van der Waals surface area contributed by atoms with Gasteiger partial charge in [0.2, 0.25) is 5.75 Å². The highest BCUT2D eigenvalue weighted by Crippen LogP contribution is 2.27. The number of aromatic nitrogens is 1. The highest BCUT2D eigenvalue weighted by Gasteiger charge is 2.26. The molecule has 110 valence electrons. The lowest BCUT2D eigenvalue weighted by atomic mass is 9.97. The number of nitrogens with zero attached hydrogens (tertiary/aromatic N) is 2. The van der Waals surface area contributed by atoms with Crippen LogP contribution in [0.25, 0.3) is 0 Å². The smallest absolute Gasteiger partial charge is 0.406 e. The second-order valence-corrected chi connectivity index (χ2v) is 4.96. The van der Waals surface area contributed by atoms with Gasteiger partial charge in [-0.15, -0.1) is 0 Å². The molecule has 2 aromatic rings. The summed E-state index contributed by atoms with van der Waals surface area (Å²) in [6.07, 6.45) is 0.